The molecule has 0 atom stereocenters. The Morgan fingerprint density at radius 2 is 2.00 bits per heavy atom. The molecule has 21 heavy (non-hydrogen) atoms. The minimum atomic E-state index is -3.95. The monoisotopic (exact) mass is 395 g/mol. The van der Waals surface area contributed by atoms with Crippen LogP contribution in [-0.2, 0) is 13.8 Å². The third-order valence-corrected chi connectivity index (χ3v) is 5.05. The van der Waals surface area contributed by atoms with E-state index in [2.05, 4.69) is 15.9 Å². The predicted molar refractivity (Wildman–Crippen MR) is 83.2 cm³/mol. The Balaban J connectivity index is 2.21. The second-order valence-electron chi connectivity index (χ2n) is 4.86. The number of aryl methyl sites for hydroxylation is 1. The van der Waals surface area contributed by atoms with Gasteiger partial charge < -0.3 is 9.64 Å². The van der Waals surface area contributed by atoms with Gasteiger partial charge in [-0.05, 0) is 37.5 Å². The van der Waals surface area contributed by atoms with Gasteiger partial charge in [0.1, 0.15) is 10.6 Å². The summed E-state index contributed by atoms with van der Waals surface area (Å²) in [5.74, 6) is -0.0199. The molecule has 1 heterocycles. The van der Waals surface area contributed by atoms with E-state index in [9.17, 15) is 13.2 Å². The van der Waals surface area contributed by atoms with Crippen LogP contribution in [-0.4, -0.2) is 38.9 Å². The molecule has 0 radical (unpaired) electrons. The number of likely N-dealkylation sites (tertiary alicyclic amines) is 1. The molecule has 0 unspecified atom stereocenters. The molecule has 1 aliphatic rings. The second-order valence-corrected chi connectivity index (χ2v) is 8.31. The lowest BCUT2D eigenvalue weighted by Crippen LogP contribution is -2.32. The number of carbonyl (C=O) groups excluding carboxylic acids is 1. The van der Waals surface area contributed by atoms with Gasteiger partial charge in [-0.1, -0.05) is 15.9 Å². The average Bonchev–Trinajstić information content (AvgIpc) is 2.89. The molecule has 1 aromatic rings. The topological polar surface area (TPSA) is 63.7 Å². The SMILES string of the molecule is Cc1cc(Br)cc(S(=O)(=O)Cl)c1OCC(=O)N1CCCC1. The van der Waals surface area contributed by atoms with Crippen molar-refractivity contribution in [2.75, 3.05) is 19.7 Å². The summed E-state index contributed by atoms with van der Waals surface area (Å²) in [6.45, 7) is 2.96. The summed E-state index contributed by atoms with van der Waals surface area (Å²) >= 11 is 3.22. The quantitative estimate of drug-likeness (QED) is 0.734. The fraction of sp³-hybridized carbons (Fsp3) is 0.462. The summed E-state index contributed by atoms with van der Waals surface area (Å²) in [5, 5.41) is 0. The zero-order valence-electron chi connectivity index (χ0n) is 11.4. The van der Waals surface area contributed by atoms with E-state index in [0.717, 1.165) is 25.9 Å². The normalized spacial score (nSPS) is 15.3. The van der Waals surface area contributed by atoms with Crippen molar-refractivity contribution >= 4 is 41.6 Å². The number of carbonyl (C=O) groups is 1. The zero-order chi connectivity index (χ0) is 15.6. The molecule has 1 fully saturated rings. The maximum Gasteiger partial charge on any atom is 0.265 e. The molecule has 5 nitrogen and oxygen atoms in total. The zero-order valence-corrected chi connectivity index (χ0v) is 14.6. The number of hydrogen-bond acceptors (Lipinski definition) is 4. The van der Waals surface area contributed by atoms with Crippen molar-refractivity contribution in [2.45, 2.75) is 24.7 Å². The molecule has 1 amide bonds. The lowest BCUT2D eigenvalue weighted by molar-refractivity contribution is -0.132. The molecule has 1 aromatic carbocycles. The first kappa shape index (κ1) is 16.6. The Kier molecular flexibility index (Phi) is 5.16. The first-order valence-electron chi connectivity index (χ1n) is 6.44. The third-order valence-electron chi connectivity index (χ3n) is 3.27. The maximum absolute atomic E-state index is 12.0. The Hall–Kier alpha value is -0.790. The van der Waals surface area contributed by atoms with Crippen LogP contribution in [0.3, 0.4) is 0 Å². The average molecular weight is 397 g/mol. The summed E-state index contributed by atoms with van der Waals surface area (Å²) in [4.78, 5) is 13.5. The van der Waals surface area contributed by atoms with Gasteiger partial charge >= 0.3 is 0 Å². The van der Waals surface area contributed by atoms with Crippen LogP contribution in [0, 0.1) is 6.92 Å². The van der Waals surface area contributed by atoms with Crippen LogP contribution >= 0.6 is 26.6 Å². The molecule has 0 bridgehead atoms. The van der Waals surface area contributed by atoms with Crippen molar-refractivity contribution in [1.82, 2.24) is 4.90 Å². The van der Waals surface area contributed by atoms with E-state index < -0.39 is 9.05 Å². The second kappa shape index (κ2) is 6.54. The van der Waals surface area contributed by atoms with Gasteiger partial charge in [-0.3, -0.25) is 4.79 Å². The number of nitrogens with zero attached hydrogens (tertiary/aromatic N) is 1. The van der Waals surface area contributed by atoms with Crippen LogP contribution in [0.5, 0.6) is 5.75 Å². The van der Waals surface area contributed by atoms with Crippen LogP contribution in [0.15, 0.2) is 21.5 Å². The van der Waals surface area contributed by atoms with Crippen LogP contribution in [0.25, 0.3) is 0 Å². The maximum atomic E-state index is 12.0. The van der Waals surface area contributed by atoms with Crippen molar-refractivity contribution in [1.29, 1.82) is 0 Å². The Labute approximate surface area is 136 Å². The molecule has 0 aromatic heterocycles. The molecular weight excluding hydrogens is 382 g/mol. The number of rotatable bonds is 4. The van der Waals surface area contributed by atoms with Crippen molar-refractivity contribution < 1.29 is 17.9 Å². The molecule has 0 spiro atoms. The molecule has 0 aliphatic carbocycles. The van der Waals surface area contributed by atoms with Gasteiger partial charge in [0.25, 0.3) is 15.0 Å². The van der Waals surface area contributed by atoms with E-state index >= 15 is 0 Å². The lowest BCUT2D eigenvalue weighted by atomic mass is 10.2. The Bertz CT molecular complexity index is 656. The van der Waals surface area contributed by atoms with Gasteiger partial charge in [-0.2, -0.15) is 0 Å². The third kappa shape index (κ3) is 4.11. The Morgan fingerprint density at radius 1 is 1.38 bits per heavy atom. The molecule has 1 aliphatic heterocycles. The fourth-order valence-electron chi connectivity index (χ4n) is 2.26. The molecule has 2 rings (SSSR count). The van der Waals surface area contributed by atoms with Gasteiger partial charge in [0.2, 0.25) is 0 Å². The Morgan fingerprint density at radius 3 is 2.57 bits per heavy atom. The largest absolute Gasteiger partial charge is 0.482 e. The summed E-state index contributed by atoms with van der Waals surface area (Å²) in [7, 11) is 1.47. The number of hydrogen-bond donors (Lipinski definition) is 0. The van der Waals surface area contributed by atoms with E-state index in [1.165, 1.54) is 6.07 Å². The van der Waals surface area contributed by atoms with Gasteiger partial charge in [0.05, 0.1) is 0 Å². The number of benzene rings is 1. The summed E-state index contributed by atoms with van der Waals surface area (Å²) in [5.41, 5.74) is 0.595. The number of halogens is 2. The predicted octanol–water partition coefficient (Wildman–Crippen LogP) is 2.69. The van der Waals surface area contributed by atoms with E-state index in [4.69, 9.17) is 15.4 Å². The van der Waals surface area contributed by atoms with Crippen molar-refractivity contribution in [3.05, 3.63) is 22.2 Å². The molecule has 8 heteroatoms. The molecule has 0 N–H and O–H groups in total. The smallest absolute Gasteiger partial charge is 0.265 e. The summed E-state index contributed by atoms with van der Waals surface area (Å²) in [6, 6.07) is 3.08. The van der Waals surface area contributed by atoms with Crippen molar-refractivity contribution in [3.63, 3.8) is 0 Å². The lowest BCUT2D eigenvalue weighted by Gasteiger charge is -2.17. The summed E-state index contributed by atoms with van der Waals surface area (Å²) in [6.07, 6.45) is 1.98. The van der Waals surface area contributed by atoms with Gasteiger partial charge in [0.15, 0.2) is 6.61 Å². The highest BCUT2D eigenvalue weighted by Crippen LogP contribution is 2.33. The van der Waals surface area contributed by atoms with E-state index in [-0.39, 0.29) is 23.2 Å². The van der Waals surface area contributed by atoms with Gasteiger partial charge in [-0.25, -0.2) is 8.42 Å². The first-order valence-corrected chi connectivity index (χ1v) is 9.54. The molecule has 116 valence electrons. The fourth-order valence-corrected chi connectivity index (χ4v) is 4.03. The van der Waals surface area contributed by atoms with Gasteiger partial charge in [-0.15, -0.1) is 0 Å². The van der Waals surface area contributed by atoms with Crippen LogP contribution in [0.1, 0.15) is 18.4 Å². The minimum Gasteiger partial charge on any atom is -0.482 e. The minimum absolute atomic E-state index is 0.126. The van der Waals surface area contributed by atoms with Crippen LogP contribution in [0.4, 0.5) is 0 Å². The number of amides is 1. The van der Waals surface area contributed by atoms with Gasteiger partial charge in [0, 0.05) is 28.2 Å². The molecule has 1 saturated heterocycles. The van der Waals surface area contributed by atoms with Crippen molar-refractivity contribution in [3.8, 4) is 5.75 Å². The molecule has 0 saturated carbocycles. The summed E-state index contributed by atoms with van der Waals surface area (Å²) < 4.78 is 29.3. The highest BCUT2D eigenvalue weighted by atomic mass is 79.9. The first-order chi connectivity index (χ1) is 9.79. The van der Waals surface area contributed by atoms with E-state index in [0.29, 0.717) is 10.0 Å². The van der Waals surface area contributed by atoms with E-state index in [1.54, 1.807) is 17.9 Å². The van der Waals surface area contributed by atoms with E-state index in [1.807, 2.05) is 0 Å². The highest BCUT2D eigenvalue weighted by molar-refractivity contribution is 9.10. The molecular formula is C13H15BrClNO4S. The van der Waals surface area contributed by atoms with Crippen LogP contribution < -0.4 is 4.74 Å². The van der Waals surface area contributed by atoms with Crippen LogP contribution in [0.2, 0.25) is 0 Å². The number of ether oxygens (including phenoxy) is 1. The van der Waals surface area contributed by atoms with Crippen molar-refractivity contribution in [2.24, 2.45) is 0 Å². The standard InChI is InChI=1S/C13H15BrClNO4S/c1-9-6-10(14)7-11(21(15,18)19)13(9)20-8-12(17)16-4-2-3-5-16/h6-7H,2-5,8H2,1H3. The highest BCUT2D eigenvalue weighted by Gasteiger charge is 2.23.